The highest BCUT2D eigenvalue weighted by molar-refractivity contribution is 6.29. The molecule has 0 radical (unpaired) electrons. The summed E-state index contributed by atoms with van der Waals surface area (Å²) in [6.45, 7) is 3.36. The third kappa shape index (κ3) is 2.57. The molecule has 1 amide bonds. The number of nitrogens with one attached hydrogen (secondary N) is 1. The number of furan rings is 1. The Morgan fingerprint density at radius 1 is 1.44 bits per heavy atom. The number of hydrogen-bond donors (Lipinski definition) is 1. The van der Waals surface area contributed by atoms with Crippen molar-refractivity contribution in [2.24, 2.45) is 0 Å². The summed E-state index contributed by atoms with van der Waals surface area (Å²) in [6.07, 6.45) is 1.63. The molecule has 1 aromatic rings. The standard InChI is InChI=1S/C11H14ClNO3/c1-11(4-6-15-7-5-11)13-10(14)8-2-3-9(12)16-8/h2-3H,4-7H2,1H3,(H,13,14). The lowest BCUT2D eigenvalue weighted by Crippen LogP contribution is -2.49. The van der Waals surface area contributed by atoms with E-state index in [0.29, 0.717) is 13.2 Å². The molecule has 5 heteroatoms. The van der Waals surface area contributed by atoms with Crippen molar-refractivity contribution in [3.05, 3.63) is 23.1 Å². The second-order valence-electron chi connectivity index (χ2n) is 4.23. The summed E-state index contributed by atoms with van der Waals surface area (Å²) in [6, 6.07) is 3.13. The first-order valence-electron chi connectivity index (χ1n) is 5.25. The van der Waals surface area contributed by atoms with E-state index in [9.17, 15) is 4.79 Å². The largest absolute Gasteiger partial charge is 0.440 e. The molecule has 0 aromatic carbocycles. The lowest BCUT2D eigenvalue weighted by molar-refractivity contribution is 0.0414. The van der Waals surface area contributed by atoms with Gasteiger partial charge >= 0.3 is 0 Å². The van der Waals surface area contributed by atoms with Gasteiger partial charge in [-0.25, -0.2) is 0 Å². The summed E-state index contributed by atoms with van der Waals surface area (Å²) >= 11 is 5.62. The molecule has 1 aliphatic rings. The number of carbonyl (C=O) groups is 1. The second kappa shape index (κ2) is 4.47. The number of hydrogen-bond acceptors (Lipinski definition) is 3. The molecule has 1 saturated heterocycles. The minimum atomic E-state index is -0.226. The zero-order chi connectivity index (χ0) is 11.6. The van der Waals surface area contributed by atoms with Crippen LogP contribution in [0, 0.1) is 0 Å². The minimum absolute atomic E-state index is 0.214. The van der Waals surface area contributed by atoms with E-state index in [4.69, 9.17) is 20.8 Å². The highest BCUT2D eigenvalue weighted by Gasteiger charge is 2.30. The molecule has 16 heavy (non-hydrogen) atoms. The number of halogens is 1. The predicted molar refractivity (Wildman–Crippen MR) is 59.6 cm³/mol. The number of rotatable bonds is 2. The lowest BCUT2D eigenvalue weighted by atomic mass is 9.92. The second-order valence-corrected chi connectivity index (χ2v) is 4.60. The fraction of sp³-hybridized carbons (Fsp3) is 0.545. The monoisotopic (exact) mass is 243 g/mol. The molecule has 1 aliphatic heterocycles. The van der Waals surface area contributed by atoms with E-state index in [1.165, 1.54) is 0 Å². The average molecular weight is 244 g/mol. The molecule has 0 atom stereocenters. The summed E-state index contributed by atoms with van der Waals surface area (Å²) in [5.74, 6) is 0.0222. The summed E-state index contributed by atoms with van der Waals surface area (Å²) in [7, 11) is 0. The molecule has 1 fully saturated rings. The van der Waals surface area contributed by atoms with Crippen molar-refractivity contribution in [2.75, 3.05) is 13.2 Å². The van der Waals surface area contributed by atoms with Gasteiger partial charge in [0.1, 0.15) is 0 Å². The van der Waals surface area contributed by atoms with E-state index in [1.807, 2.05) is 6.92 Å². The average Bonchev–Trinajstić information content (AvgIpc) is 2.65. The summed E-state index contributed by atoms with van der Waals surface area (Å²) in [5.41, 5.74) is -0.214. The Bertz CT molecular complexity index is 382. The van der Waals surface area contributed by atoms with Gasteiger partial charge in [0.2, 0.25) is 0 Å². The molecule has 4 nitrogen and oxygen atoms in total. The third-order valence-corrected chi connectivity index (χ3v) is 3.01. The SMILES string of the molecule is CC1(NC(=O)c2ccc(Cl)o2)CCOCC1. The van der Waals surface area contributed by atoms with Crippen LogP contribution < -0.4 is 5.32 Å². The third-order valence-electron chi connectivity index (χ3n) is 2.81. The van der Waals surface area contributed by atoms with Gasteiger partial charge in [0.05, 0.1) is 0 Å². The quantitative estimate of drug-likeness (QED) is 0.867. The number of carbonyl (C=O) groups excluding carboxylic acids is 1. The van der Waals surface area contributed by atoms with Gasteiger partial charge < -0.3 is 14.5 Å². The molecular formula is C11H14ClNO3. The normalized spacial score (nSPS) is 19.4. The van der Waals surface area contributed by atoms with Gasteiger partial charge in [0.25, 0.3) is 5.91 Å². The van der Waals surface area contributed by atoms with Crippen molar-refractivity contribution in [1.82, 2.24) is 5.32 Å². The van der Waals surface area contributed by atoms with E-state index >= 15 is 0 Å². The minimum Gasteiger partial charge on any atom is -0.440 e. The Hall–Kier alpha value is -1.00. The molecule has 0 saturated carbocycles. The fourth-order valence-electron chi connectivity index (χ4n) is 1.72. The van der Waals surface area contributed by atoms with Crippen molar-refractivity contribution in [1.29, 1.82) is 0 Å². The van der Waals surface area contributed by atoms with E-state index in [0.717, 1.165) is 12.8 Å². The highest BCUT2D eigenvalue weighted by Crippen LogP contribution is 2.21. The Morgan fingerprint density at radius 2 is 2.12 bits per heavy atom. The molecule has 88 valence electrons. The van der Waals surface area contributed by atoms with Crippen LogP contribution in [0.25, 0.3) is 0 Å². The Balaban J connectivity index is 2.01. The van der Waals surface area contributed by atoms with Crippen LogP contribution in [0.2, 0.25) is 5.22 Å². The molecule has 1 N–H and O–H groups in total. The van der Waals surface area contributed by atoms with Crippen LogP contribution in [0.1, 0.15) is 30.3 Å². The molecule has 0 unspecified atom stereocenters. The predicted octanol–water partition coefficient (Wildman–Crippen LogP) is 2.23. The van der Waals surface area contributed by atoms with Gasteiger partial charge in [0, 0.05) is 18.8 Å². The molecule has 2 rings (SSSR count). The van der Waals surface area contributed by atoms with Gasteiger partial charge in [-0.05, 0) is 43.5 Å². The number of amides is 1. The van der Waals surface area contributed by atoms with Gasteiger partial charge in [-0.3, -0.25) is 4.79 Å². The molecule has 2 heterocycles. The Labute approximate surface area is 98.9 Å². The molecule has 0 aliphatic carbocycles. The van der Waals surface area contributed by atoms with E-state index in [-0.39, 0.29) is 22.4 Å². The van der Waals surface area contributed by atoms with Gasteiger partial charge in [0.15, 0.2) is 11.0 Å². The molecule has 1 aromatic heterocycles. The molecule has 0 bridgehead atoms. The first-order chi connectivity index (χ1) is 7.59. The summed E-state index contributed by atoms with van der Waals surface area (Å²) in [5, 5.41) is 3.18. The van der Waals surface area contributed by atoms with Crippen molar-refractivity contribution in [3.63, 3.8) is 0 Å². The van der Waals surface area contributed by atoms with E-state index in [1.54, 1.807) is 12.1 Å². The van der Waals surface area contributed by atoms with Crippen LogP contribution in [0.15, 0.2) is 16.5 Å². The zero-order valence-corrected chi connectivity index (χ0v) is 9.84. The van der Waals surface area contributed by atoms with Crippen LogP contribution >= 0.6 is 11.6 Å². The highest BCUT2D eigenvalue weighted by atomic mass is 35.5. The smallest absolute Gasteiger partial charge is 0.287 e. The maximum absolute atomic E-state index is 11.8. The number of ether oxygens (including phenoxy) is 1. The summed E-state index contributed by atoms with van der Waals surface area (Å²) in [4.78, 5) is 11.8. The molecular weight excluding hydrogens is 230 g/mol. The summed E-state index contributed by atoms with van der Waals surface area (Å²) < 4.78 is 10.3. The fourth-order valence-corrected chi connectivity index (χ4v) is 1.87. The first-order valence-corrected chi connectivity index (χ1v) is 5.62. The Morgan fingerprint density at radius 3 is 2.69 bits per heavy atom. The van der Waals surface area contributed by atoms with Crippen molar-refractivity contribution >= 4 is 17.5 Å². The van der Waals surface area contributed by atoms with Crippen LogP contribution in [0.5, 0.6) is 0 Å². The van der Waals surface area contributed by atoms with Crippen molar-refractivity contribution < 1.29 is 13.9 Å². The topological polar surface area (TPSA) is 51.5 Å². The van der Waals surface area contributed by atoms with Crippen LogP contribution in [-0.2, 0) is 4.74 Å². The van der Waals surface area contributed by atoms with Crippen LogP contribution in [-0.4, -0.2) is 24.7 Å². The van der Waals surface area contributed by atoms with Gasteiger partial charge in [-0.2, -0.15) is 0 Å². The lowest BCUT2D eigenvalue weighted by Gasteiger charge is -2.34. The van der Waals surface area contributed by atoms with E-state index in [2.05, 4.69) is 5.32 Å². The van der Waals surface area contributed by atoms with Crippen molar-refractivity contribution in [2.45, 2.75) is 25.3 Å². The van der Waals surface area contributed by atoms with E-state index < -0.39 is 0 Å². The Kier molecular flexibility index (Phi) is 3.21. The van der Waals surface area contributed by atoms with Crippen LogP contribution in [0.3, 0.4) is 0 Å². The maximum atomic E-state index is 11.8. The maximum Gasteiger partial charge on any atom is 0.287 e. The molecule has 0 spiro atoms. The first kappa shape index (κ1) is 11.5. The van der Waals surface area contributed by atoms with Gasteiger partial charge in [-0.15, -0.1) is 0 Å². The van der Waals surface area contributed by atoms with Crippen LogP contribution in [0.4, 0.5) is 0 Å². The van der Waals surface area contributed by atoms with Crippen molar-refractivity contribution in [3.8, 4) is 0 Å². The zero-order valence-electron chi connectivity index (χ0n) is 9.09. The van der Waals surface area contributed by atoms with Gasteiger partial charge in [-0.1, -0.05) is 0 Å².